The first-order valence-electron chi connectivity index (χ1n) is 10.6. The summed E-state index contributed by atoms with van der Waals surface area (Å²) in [5.41, 5.74) is 1.68. The van der Waals surface area contributed by atoms with Crippen LogP contribution in [0.3, 0.4) is 0 Å². The van der Waals surface area contributed by atoms with Gasteiger partial charge in [-0.3, -0.25) is 4.79 Å². The summed E-state index contributed by atoms with van der Waals surface area (Å²) in [5, 5.41) is 5.89. The van der Waals surface area contributed by atoms with Crippen molar-refractivity contribution in [3.05, 3.63) is 87.1 Å². The molecule has 5 rings (SSSR count). The van der Waals surface area contributed by atoms with E-state index in [4.69, 9.17) is 18.9 Å². The third kappa shape index (κ3) is 3.97. The number of hydrogen-bond acceptors (Lipinski definition) is 6. The molecule has 8 heteroatoms. The highest BCUT2D eigenvalue weighted by atomic mass is 79.9. The molecular weight excluding hydrogens is 498 g/mol. The summed E-state index contributed by atoms with van der Waals surface area (Å²) in [6.45, 7) is 2.41. The number of fused-ring (bicyclic) bond motifs is 2. The molecule has 7 nitrogen and oxygen atoms in total. The number of benzene rings is 3. The SMILES string of the molecule is CCOc1cc(Br)c(C=Nn2c(-c3cc4ccccc4o3)nc3ccccc3c2=O)cc1OC. The topological polar surface area (TPSA) is 78.9 Å². The van der Waals surface area contributed by atoms with Crippen LogP contribution in [0.15, 0.2) is 85.5 Å². The molecule has 0 N–H and O–H groups in total. The average Bonchev–Trinajstić information content (AvgIpc) is 3.29. The molecule has 34 heavy (non-hydrogen) atoms. The van der Waals surface area contributed by atoms with E-state index in [0.717, 1.165) is 9.86 Å². The first-order valence-corrected chi connectivity index (χ1v) is 11.4. The van der Waals surface area contributed by atoms with Gasteiger partial charge in [0.25, 0.3) is 5.56 Å². The number of furan rings is 1. The summed E-state index contributed by atoms with van der Waals surface area (Å²) in [5.74, 6) is 1.93. The van der Waals surface area contributed by atoms with Crippen LogP contribution in [0.25, 0.3) is 33.5 Å². The molecule has 0 saturated carbocycles. The number of rotatable bonds is 6. The van der Waals surface area contributed by atoms with Crippen LogP contribution in [0, 0.1) is 0 Å². The second-order valence-electron chi connectivity index (χ2n) is 7.42. The van der Waals surface area contributed by atoms with Gasteiger partial charge in [0.2, 0.25) is 5.82 Å². The molecule has 2 heterocycles. The third-order valence-electron chi connectivity index (χ3n) is 5.29. The van der Waals surface area contributed by atoms with Gasteiger partial charge in [0.1, 0.15) is 5.58 Å². The Morgan fingerprint density at radius 1 is 1.09 bits per heavy atom. The fourth-order valence-electron chi connectivity index (χ4n) is 3.68. The van der Waals surface area contributed by atoms with Crippen LogP contribution < -0.4 is 15.0 Å². The summed E-state index contributed by atoms with van der Waals surface area (Å²) >= 11 is 3.55. The zero-order chi connectivity index (χ0) is 23.7. The van der Waals surface area contributed by atoms with E-state index in [0.29, 0.717) is 51.7 Å². The van der Waals surface area contributed by atoms with Crippen molar-refractivity contribution in [3.8, 4) is 23.1 Å². The van der Waals surface area contributed by atoms with E-state index >= 15 is 0 Å². The van der Waals surface area contributed by atoms with Gasteiger partial charge in [-0.2, -0.15) is 9.78 Å². The number of nitrogens with zero attached hydrogens (tertiary/aromatic N) is 3. The summed E-state index contributed by atoms with van der Waals surface area (Å²) in [4.78, 5) is 18.1. The van der Waals surface area contributed by atoms with Crippen molar-refractivity contribution in [1.82, 2.24) is 9.66 Å². The number of hydrogen-bond donors (Lipinski definition) is 0. The van der Waals surface area contributed by atoms with Gasteiger partial charge in [-0.25, -0.2) is 4.98 Å². The average molecular weight is 518 g/mol. The molecule has 0 saturated heterocycles. The van der Waals surface area contributed by atoms with E-state index in [2.05, 4.69) is 21.0 Å². The fraction of sp³-hybridized carbons (Fsp3) is 0.115. The molecule has 0 atom stereocenters. The summed E-state index contributed by atoms with van der Waals surface area (Å²) in [6, 6.07) is 20.3. The molecule has 2 aromatic heterocycles. The van der Waals surface area contributed by atoms with Gasteiger partial charge < -0.3 is 13.9 Å². The first-order chi connectivity index (χ1) is 16.6. The van der Waals surface area contributed by atoms with Crippen LogP contribution in [0.2, 0.25) is 0 Å². The molecule has 0 amide bonds. The van der Waals surface area contributed by atoms with Crippen molar-refractivity contribution in [2.24, 2.45) is 5.10 Å². The lowest BCUT2D eigenvalue weighted by atomic mass is 10.2. The van der Waals surface area contributed by atoms with Gasteiger partial charge in [-0.1, -0.05) is 30.3 Å². The normalized spacial score (nSPS) is 11.5. The van der Waals surface area contributed by atoms with E-state index in [-0.39, 0.29) is 5.56 Å². The van der Waals surface area contributed by atoms with E-state index in [1.54, 1.807) is 37.6 Å². The van der Waals surface area contributed by atoms with Crippen molar-refractivity contribution in [2.45, 2.75) is 6.92 Å². The predicted molar refractivity (Wildman–Crippen MR) is 136 cm³/mol. The highest BCUT2D eigenvalue weighted by Gasteiger charge is 2.17. The standard InChI is InChI=1S/C26H20BrN3O4/c1-3-33-23-14-19(27)17(13-22(23)32-2)15-28-30-25(24-12-16-8-4-7-11-21(16)34-24)29-20-10-6-5-9-18(20)26(30)31/h4-15H,3H2,1-2H3. The molecule has 0 aliphatic heterocycles. The summed E-state index contributed by atoms with van der Waals surface area (Å²) < 4.78 is 19.1. The van der Waals surface area contributed by atoms with Gasteiger partial charge >= 0.3 is 0 Å². The highest BCUT2D eigenvalue weighted by molar-refractivity contribution is 9.10. The van der Waals surface area contributed by atoms with Gasteiger partial charge in [0, 0.05) is 15.4 Å². The largest absolute Gasteiger partial charge is 0.493 e. The minimum absolute atomic E-state index is 0.300. The minimum atomic E-state index is -0.300. The zero-order valence-electron chi connectivity index (χ0n) is 18.5. The second-order valence-corrected chi connectivity index (χ2v) is 8.27. The Bertz CT molecular complexity index is 1570. The molecule has 0 unspecified atom stereocenters. The Morgan fingerprint density at radius 3 is 2.68 bits per heavy atom. The Balaban J connectivity index is 1.69. The van der Waals surface area contributed by atoms with Gasteiger partial charge in [0.15, 0.2) is 17.3 Å². The van der Waals surface area contributed by atoms with Crippen LogP contribution >= 0.6 is 15.9 Å². The van der Waals surface area contributed by atoms with Crippen molar-refractivity contribution < 1.29 is 13.9 Å². The Hall–Kier alpha value is -3.91. The molecular formula is C26H20BrN3O4. The lowest BCUT2D eigenvalue weighted by Crippen LogP contribution is -2.20. The Kier molecular flexibility index (Phi) is 5.90. The van der Waals surface area contributed by atoms with E-state index in [1.807, 2.05) is 49.4 Å². The molecule has 170 valence electrons. The number of para-hydroxylation sites is 2. The molecule has 0 aliphatic carbocycles. The van der Waals surface area contributed by atoms with E-state index < -0.39 is 0 Å². The molecule has 0 fully saturated rings. The molecule has 0 spiro atoms. The van der Waals surface area contributed by atoms with Crippen LogP contribution in [-0.2, 0) is 0 Å². The minimum Gasteiger partial charge on any atom is -0.493 e. The highest BCUT2D eigenvalue weighted by Crippen LogP contribution is 2.33. The van der Waals surface area contributed by atoms with Gasteiger partial charge in [-0.15, -0.1) is 0 Å². The number of methoxy groups -OCH3 is 1. The molecule has 3 aromatic carbocycles. The van der Waals surface area contributed by atoms with Gasteiger partial charge in [0.05, 0.1) is 30.8 Å². The van der Waals surface area contributed by atoms with Crippen LogP contribution in [0.4, 0.5) is 0 Å². The Morgan fingerprint density at radius 2 is 1.88 bits per heavy atom. The Labute approximate surface area is 203 Å². The zero-order valence-corrected chi connectivity index (χ0v) is 20.1. The summed E-state index contributed by atoms with van der Waals surface area (Å²) in [6.07, 6.45) is 1.58. The molecule has 5 aromatic rings. The lowest BCUT2D eigenvalue weighted by Gasteiger charge is -2.11. The maximum atomic E-state index is 13.4. The number of halogens is 1. The van der Waals surface area contributed by atoms with Crippen molar-refractivity contribution in [1.29, 1.82) is 0 Å². The molecule has 0 radical (unpaired) electrons. The maximum absolute atomic E-state index is 13.4. The van der Waals surface area contributed by atoms with Crippen LogP contribution in [0.1, 0.15) is 12.5 Å². The predicted octanol–water partition coefficient (Wildman–Crippen LogP) is 5.86. The summed E-state index contributed by atoms with van der Waals surface area (Å²) in [7, 11) is 1.57. The lowest BCUT2D eigenvalue weighted by molar-refractivity contribution is 0.310. The monoisotopic (exact) mass is 517 g/mol. The molecule has 0 bridgehead atoms. The number of aromatic nitrogens is 2. The quantitative estimate of drug-likeness (QED) is 0.263. The maximum Gasteiger partial charge on any atom is 0.282 e. The van der Waals surface area contributed by atoms with E-state index in [9.17, 15) is 4.79 Å². The fourth-order valence-corrected chi connectivity index (χ4v) is 4.10. The number of ether oxygens (including phenoxy) is 2. The van der Waals surface area contributed by atoms with Gasteiger partial charge in [-0.05, 0) is 59.3 Å². The third-order valence-corrected chi connectivity index (χ3v) is 5.98. The first kappa shape index (κ1) is 21.9. The van der Waals surface area contributed by atoms with Crippen molar-refractivity contribution in [2.75, 3.05) is 13.7 Å². The van der Waals surface area contributed by atoms with Crippen LogP contribution in [-0.4, -0.2) is 29.6 Å². The second kappa shape index (κ2) is 9.15. The molecule has 0 aliphatic rings. The van der Waals surface area contributed by atoms with Crippen molar-refractivity contribution >= 4 is 44.0 Å². The van der Waals surface area contributed by atoms with E-state index in [1.165, 1.54) is 4.68 Å². The smallest absolute Gasteiger partial charge is 0.282 e. The van der Waals surface area contributed by atoms with Crippen LogP contribution in [0.5, 0.6) is 11.5 Å². The van der Waals surface area contributed by atoms with Crippen molar-refractivity contribution in [3.63, 3.8) is 0 Å².